The van der Waals surface area contributed by atoms with Crippen molar-refractivity contribution in [1.82, 2.24) is 25.3 Å². The quantitative estimate of drug-likeness (QED) is 0.127. The number of aromatic nitrogens is 4. The summed E-state index contributed by atoms with van der Waals surface area (Å²) in [6.07, 6.45) is 0. The van der Waals surface area contributed by atoms with E-state index >= 15 is 0 Å². The minimum Gasteiger partial charge on any atom is -0.462 e. The summed E-state index contributed by atoms with van der Waals surface area (Å²) < 4.78 is 5.12. The van der Waals surface area contributed by atoms with Crippen LogP contribution in [0, 0.1) is 0 Å². The molecule has 16 heteroatoms. The molecule has 0 radical (unpaired) electrons. The molecule has 0 bridgehead atoms. The number of amides is 1. The maximum Gasteiger partial charge on any atom is 0.350 e. The number of carbonyl (C=O) groups is 2. The smallest absolute Gasteiger partial charge is 0.350 e. The van der Waals surface area contributed by atoms with Crippen LogP contribution >= 0.6 is 68.0 Å². The van der Waals surface area contributed by atoms with Gasteiger partial charge in [-0.25, -0.2) is 24.7 Å². The van der Waals surface area contributed by atoms with Gasteiger partial charge in [-0.2, -0.15) is 22.7 Å². The van der Waals surface area contributed by atoms with E-state index in [1.165, 1.54) is 22.7 Å². The van der Waals surface area contributed by atoms with E-state index < -0.39 is 5.97 Å². The van der Waals surface area contributed by atoms with Gasteiger partial charge in [-0.1, -0.05) is 12.1 Å². The van der Waals surface area contributed by atoms with Gasteiger partial charge < -0.3 is 21.5 Å². The summed E-state index contributed by atoms with van der Waals surface area (Å²) in [5, 5.41) is 16.4. The molecule has 1 amide bonds. The van der Waals surface area contributed by atoms with E-state index in [9.17, 15) is 9.59 Å². The lowest BCUT2D eigenvalue weighted by Gasteiger charge is -2.07. The van der Waals surface area contributed by atoms with Crippen molar-refractivity contribution in [1.29, 1.82) is 0 Å². The number of rotatable bonds is 8. The number of hydrogen-bond donors (Lipinski definition) is 3. The molecule has 0 spiro atoms. The molecular formula is C35H29N7O3S6. The average molecular weight is 788 g/mol. The standard InChI is InChI=1S/C18H16N4OS3.C17H13N3O2S3/c1-9(2)20-17(23)15-13(19)12-14(10-5-7-24-8-10)21-16(22-18(12)26-15)11-4-3-6-25-11;1-2-22-17(21)14-12(18)11-13(9-5-7-23-8-9)19-15(20-16(11)25-14)10-4-3-6-24-10/h3-9H,19H2,1-2H3,(H,20,23);3-8H,2,18H2,1H3. The average Bonchev–Trinajstić information content (AvgIpc) is 3.97. The lowest BCUT2D eigenvalue weighted by Crippen LogP contribution is -2.29. The number of carbonyl (C=O) groups excluding carboxylic acids is 2. The number of nitrogens with one attached hydrogen (secondary N) is 1. The predicted octanol–water partition coefficient (Wildman–Crippen LogP) is 9.78. The van der Waals surface area contributed by atoms with Crippen LogP contribution in [0.3, 0.4) is 0 Å². The summed E-state index contributed by atoms with van der Waals surface area (Å²) in [7, 11) is 0. The molecule has 0 fully saturated rings. The molecule has 0 aliphatic heterocycles. The van der Waals surface area contributed by atoms with Crippen molar-refractivity contribution in [3.05, 3.63) is 78.4 Å². The van der Waals surface area contributed by atoms with Crippen molar-refractivity contribution < 1.29 is 14.3 Å². The van der Waals surface area contributed by atoms with Gasteiger partial charge in [-0.3, -0.25) is 4.79 Å². The first-order chi connectivity index (χ1) is 24.7. The van der Waals surface area contributed by atoms with E-state index in [0.717, 1.165) is 42.5 Å². The highest BCUT2D eigenvalue weighted by molar-refractivity contribution is 7.21. The zero-order valence-electron chi connectivity index (χ0n) is 27.3. The Morgan fingerprint density at radius 2 is 1.25 bits per heavy atom. The third-order valence-electron chi connectivity index (χ3n) is 7.34. The molecule has 8 heterocycles. The zero-order chi connectivity index (χ0) is 35.6. The molecule has 0 unspecified atom stereocenters. The van der Waals surface area contributed by atoms with Crippen LogP contribution in [0.2, 0.25) is 0 Å². The third-order valence-corrected chi connectivity index (χ3v) is 12.6. The van der Waals surface area contributed by atoms with Gasteiger partial charge in [0, 0.05) is 27.9 Å². The van der Waals surface area contributed by atoms with Crippen molar-refractivity contribution in [3.8, 4) is 43.9 Å². The van der Waals surface area contributed by atoms with Crippen molar-refractivity contribution in [2.45, 2.75) is 26.8 Å². The Balaban J connectivity index is 0.000000159. The van der Waals surface area contributed by atoms with E-state index in [1.54, 1.807) is 52.3 Å². The fourth-order valence-corrected chi connectivity index (χ4v) is 9.72. The second-order valence-corrected chi connectivity index (χ2v) is 16.6. The molecule has 51 heavy (non-hydrogen) atoms. The molecule has 8 rings (SSSR count). The highest BCUT2D eigenvalue weighted by Crippen LogP contribution is 2.42. The van der Waals surface area contributed by atoms with Crippen molar-refractivity contribution >= 4 is 112 Å². The van der Waals surface area contributed by atoms with Gasteiger partial charge in [0.25, 0.3) is 5.91 Å². The Bertz CT molecular complexity index is 2450. The molecule has 0 saturated carbocycles. The minimum atomic E-state index is -0.419. The van der Waals surface area contributed by atoms with Gasteiger partial charge in [-0.05, 0) is 66.6 Å². The molecule has 258 valence electrons. The Hall–Kier alpha value is -4.58. The topological polar surface area (TPSA) is 159 Å². The summed E-state index contributed by atoms with van der Waals surface area (Å²) in [4.78, 5) is 47.9. The van der Waals surface area contributed by atoms with E-state index in [2.05, 4.69) is 10.3 Å². The predicted molar refractivity (Wildman–Crippen MR) is 215 cm³/mol. The maximum absolute atomic E-state index is 12.5. The van der Waals surface area contributed by atoms with Crippen LogP contribution in [0.25, 0.3) is 64.4 Å². The van der Waals surface area contributed by atoms with Crippen LogP contribution in [0.4, 0.5) is 11.4 Å². The number of thiophene rings is 6. The highest BCUT2D eigenvalue weighted by atomic mass is 32.1. The number of hydrogen-bond acceptors (Lipinski definition) is 15. The van der Waals surface area contributed by atoms with Crippen LogP contribution in [0.15, 0.2) is 68.7 Å². The maximum atomic E-state index is 12.5. The number of anilines is 2. The van der Waals surface area contributed by atoms with Crippen LogP contribution < -0.4 is 16.8 Å². The molecule has 5 N–H and O–H groups in total. The van der Waals surface area contributed by atoms with E-state index in [4.69, 9.17) is 31.2 Å². The number of fused-ring (bicyclic) bond motifs is 2. The third kappa shape index (κ3) is 7.02. The van der Waals surface area contributed by atoms with Gasteiger partial charge >= 0.3 is 5.97 Å². The molecular weight excluding hydrogens is 759 g/mol. The van der Waals surface area contributed by atoms with E-state index in [-0.39, 0.29) is 11.9 Å². The largest absolute Gasteiger partial charge is 0.462 e. The number of ether oxygens (including phenoxy) is 1. The lowest BCUT2D eigenvalue weighted by atomic mass is 10.1. The Kier molecular flexibility index (Phi) is 10.2. The minimum absolute atomic E-state index is 0.0382. The van der Waals surface area contributed by atoms with Crippen molar-refractivity contribution in [2.75, 3.05) is 18.1 Å². The van der Waals surface area contributed by atoms with Gasteiger partial charge in [0.1, 0.15) is 19.4 Å². The molecule has 0 aliphatic rings. The second kappa shape index (κ2) is 15.0. The van der Waals surface area contributed by atoms with Crippen LogP contribution in [-0.2, 0) is 4.74 Å². The molecule has 10 nitrogen and oxygen atoms in total. The first-order valence-electron chi connectivity index (χ1n) is 15.5. The Labute approximate surface area is 316 Å². The lowest BCUT2D eigenvalue weighted by molar-refractivity contribution is 0.0533. The van der Waals surface area contributed by atoms with Crippen LogP contribution in [-0.4, -0.2) is 44.5 Å². The normalized spacial score (nSPS) is 11.2. The van der Waals surface area contributed by atoms with Gasteiger partial charge in [0.15, 0.2) is 11.6 Å². The number of nitrogens with zero attached hydrogens (tertiary/aromatic N) is 4. The van der Waals surface area contributed by atoms with Gasteiger partial charge in [-0.15, -0.1) is 45.3 Å². The SMILES string of the molecule is CC(C)NC(=O)c1sc2nc(-c3cccs3)nc(-c3ccsc3)c2c1N.CCOC(=O)c1sc2nc(-c3cccs3)nc(-c3ccsc3)c2c1N. The summed E-state index contributed by atoms with van der Waals surface area (Å²) in [5.41, 5.74) is 17.0. The number of esters is 1. The fourth-order valence-electron chi connectivity index (χ4n) is 5.14. The monoisotopic (exact) mass is 787 g/mol. The summed E-state index contributed by atoms with van der Waals surface area (Å²) in [5.74, 6) is 0.706. The number of nitrogens with two attached hydrogens (primary N) is 2. The Morgan fingerprint density at radius 1 is 0.745 bits per heavy atom. The first-order valence-corrected chi connectivity index (χ1v) is 20.8. The van der Waals surface area contributed by atoms with Crippen molar-refractivity contribution in [2.24, 2.45) is 0 Å². The Morgan fingerprint density at radius 3 is 1.69 bits per heavy atom. The highest BCUT2D eigenvalue weighted by Gasteiger charge is 2.25. The summed E-state index contributed by atoms with van der Waals surface area (Å²) in [6.45, 7) is 5.92. The molecule has 8 aromatic rings. The van der Waals surface area contributed by atoms with E-state index in [1.807, 2.05) is 82.5 Å². The van der Waals surface area contributed by atoms with E-state index in [0.29, 0.717) is 49.6 Å². The zero-order valence-corrected chi connectivity index (χ0v) is 32.2. The summed E-state index contributed by atoms with van der Waals surface area (Å²) >= 11 is 8.92. The summed E-state index contributed by atoms with van der Waals surface area (Å²) in [6, 6.07) is 11.9. The van der Waals surface area contributed by atoms with Crippen LogP contribution in [0.1, 0.15) is 40.1 Å². The molecule has 0 atom stereocenters. The second-order valence-electron chi connectivity index (χ2n) is 11.2. The van der Waals surface area contributed by atoms with Crippen LogP contribution in [0.5, 0.6) is 0 Å². The number of nitrogen functional groups attached to an aromatic ring is 2. The molecule has 8 aromatic heterocycles. The molecule has 0 aromatic carbocycles. The molecule has 0 aliphatic carbocycles. The van der Waals surface area contributed by atoms with Crippen molar-refractivity contribution in [3.63, 3.8) is 0 Å². The fraction of sp³-hybridized carbons (Fsp3) is 0.143. The van der Waals surface area contributed by atoms with Gasteiger partial charge in [0.05, 0.1) is 49.9 Å². The van der Waals surface area contributed by atoms with Gasteiger partial charge in [0.2, 0.25) is 0 Å². The first kappa shape index (κ1) is 34.9. The molecule has 0 saturated heterocycles.